The molecular weight excluding hydrogens is 218 g/mol. The summed E-state index contributed by atoms with van der Waals surface area (Å²) in [6.07, 6.45) is 5.00. The standard InChI is InChI=1S/C12H21N3O2/c1-8(9-4-2-3-5-9)15-12(17)10-6-14-11(16)7-13-10/h8-10,13H,2-7H2,1H3,(H,14,16)(H,15,17). The van der Waals surface area contributed by atoms with E-state index in [-0.39, 0.29) is 30.4 Å². The highest BCUT2D eigenvalue weighted by Gasteiger charge is 2.27. The second kappa shape index (κ2) is 5.49. The highest BCUT2D eigenvalue weighted by Crippen LogP contribution is 2.27. The molecule has 3 N–H and O–H groups in total. The van der Waals surface area contributed by atoms with Gasteiger partial charge in [-0.25, -0.2) is 0 Å². The topological polar surface area (TPSA) is 70.2 Å². The minimum atomic E-state index is -0.281. The molecule has 0 aromatic carbocycles. The Kier molecular flexibility index (Phi) is 3.99. The summed E-state index contributed by atoms with van der Waals surface area (Å²) in [5.74, 6) is 0.583. The van der Waals surface area contributed by atoms with Crippen molar-refractivity contribution in [1.29, 1.82) is 0 Å². The first-order chi connectivity index (χ1) is 8.16. The average Bonchev–Trinajstić information content (AvgIpc) is 2.83. The monoisotopic (exact) mass is 239 g/mol. The fourth-order valence-corrected chi connectivity index (χ4v) is 2.65. The Morgan fingerprint density at radius 2 is 2.12 bits per heavy atom. The van der Waals surface area contributed by atoms with E-state index in [1.54, 1.807) is 0 Å². The SMILES string of the molecule is CC(NC(=O)C1CNC(=O)CN1)C1CCCC1. The maximum atomic E-state index is 11.9. The van der Waals surface area contributed by atoms with Crippen molar-refractivity contribution < 1.29 is 9.59 Å². The third-order valence-electron chi connectivity index (χ3n) is 3.81. The molecule has 0 aromatic heterocycles. The number of carbonyl (C=O) groups is 2. The van der Waals surface area contributed by atoms with Gasteiger partial charge in [0.25, 0.3) is 0 Å². The van der Waals surface area contributed by atoms with Gasteiger partial charge in [-0.2, -0.15) is 0 Å². The summed E-state index contributed by atoms with van der Waals surface area (Å²) >= 11 is 0. The summed E-state index contributed by atoms with van der Waals surface area (Å²) in [5, 5.41) is 8.69. The zero-order valence-electron chi connectivity index (χ0n) is 10.3. The van der Waals surface area contributed by atoms with E-state index in [9.17, 15) is 9.59 Å². The fraction of sp³-hybridized carbons (Fsp3) is 0.833. The Hall–Kier alpha value is -1.10. The van der Waals surface area contributed by atoms with Gasteiger partial charge in [0.2, 0.25) is 11.8 Å². The summed E-state index contributed by atoms with van der Waals surface area (Å²) in [6.45, 7) is 2.70. The van der Waals surface area contributed by atoms with Crippen molar-refractivity contribution in [1.82, 2.24) is 16.0 Å². The van der Waals surface area contributed by atoms with E-state index in [4.69, 9.17) is 0 Å². The molecular formula is C12H21N3O2. The first-order valence-corrected chi connectivity index (χ1v) is 6.47. The summed E-state index contributed by atoms with van der Waals surface area (Å²) in [6, 6.07) is -0.0408. The molecule has 5 heteroatoms. The molecule has 1 saturated carbocycles. The zero-order valence-corrected chi connectivity index (χ0v) is 10.3. The molecule has 1 heterocycles. The average molecular weight is 239 g/mol. The van der Waals surface area contributed by atoms with Crippen LogP contribution in [-0.2, 0) is 9.59 Å². The van der Waals surface area contributed by atoms with E-state index in [1.807, 2.05) is 0 Å². The van der Waals surface area contributed by atoms with E-state index in [1.165, 1.54) is 25.7 Å². The van der Waals surface area contributed by atoms with Crippen LogP contribution in [0.1, 0.15) is 32.6 Å². The molecule has 2 fully saturated rings. The van der Waals surface area contributed by atoms with Crippen LogP contribution in [0.3, 0.4) is 0 Å². The first kappa shape index (κ1) is 12.4. The van der Waals surface area contributed by atoms with Gasteiger partial charge in [0.05, 0.1) is 6.54 Å². The Morgan fingerprint density at radius 1 is 1.41 bits per heavy atom. The second-order valence-corrected chi connectivity index (χ2v) is 5.08. The number of carbonyl (C=O) groups excluding carboxylic acids is 2. The van der Waals surface area contributed by atoms with Crippen molar-refractivity contribution in [3.8, 4) is 0 Å². The third-order valence-corrected chi connectivity index (χ3v) is 3.81. The molecule has 5 nitrogen and oxygen atoms in total. The van der Waals surface area contributed by atoms with Crippen LogP contribution in [0, 0.1) is 5.92 Å². The molecule has 1 aliphatic heterocycles. The molecule has 1 aliphatic carbocycles. The Bertz CT molecular complexity index is 290. The van der Waals surface area contributed by atoms with Gasteiger partial charge < -0.3 is 10.6 Å². The lowest BCUT2D eigenvalue weighted by Crippen LogP contribution is -2.59. The molecule has 17 heavy (non-hydrogen) atoms. The van der Waals surface area contributed by atoms with Crippen LogP contribution >= 0.6 is 0 Å². The summed E-state index contributed by atoms with van der Waals surface area (Å²) in [5.41, 5.74) is 0. The van der Waals surface area contributed by atoms with Crippen LogP contribution in [0.5, 0.6) is 0 Å². The van der Waals surface area contributed by atoms with Gasteiger partial charge in [0, 0.05) is 12.6 Å². The lowest BCUT2D eigenvalue weighted by Gasteiger charge is -2.27. The van der Waals surface area contributed by atoms with Gasteiger partial charge in [-0.05, 0) is 25.7 Å². The zero-order chi connectivity index (χ0) is 12.3. The van der Waals surface area contributed by atoms with Crippen LogP contribution < -0.4 is 16.0 Å². The molecule has 0 bridgehead atoms. The molecule has 0 aromatic rings. The van der Waals surface area contributed by atoms with Gasteiger partial charge in [-0.15, -0.1) is 0 Å². The summed E-state index contributed by atoms with van der Waals surface area (Å²) in [7, 11) is 0. The molecule has 2 rings (SSSR count). The van der Waals surface area contributed by atoms with Gasteiger partial charge >= 0.3 is 0 Å². The first-order valence-electron chi connectivity index (χ1n) is 6.47. The molecule has 1 saturated heterocycles. The van der Waals surface area contributed by atoms with Crippen LogP contribution in [-0.4, -0.2) is 37.0 Å². The number of piperazine rings is 1. The Labute approximate surface area is 102 Å². The van der Waals surface area contributed by atoms with E-state index in [0.717, 1.165) is 0 Å². The number of amides is 2. The number of rotatable bonds is 3. The smallest absolute Gasteiger partial charge is 0.239 e. The van der Waals surface area contributed by atoms with Crippen LogP contribution in [0.2, 0.25) is 0 Å². The van der Waals surface area contributed by atoms with Crippen molar-refractivity contribution in [2.75, 3.05) is 13.1 Å². The lowest BCUT2D eigenvalue weighted by molar-refractivity contribution is -0.127. The maximum absolute atomic E-state index is 11.9. The molecule has 0 spiro atoms. The van der Waals surface area contributed by atoms with Gasteiger partial charge in [-0.1, -0.05) is 12.8 Å². The summed E-state index contributed by atoms with van der Waals surface area (Å²) in [4.78, 5) is 22.9. The largest absolute Gasteiger partial charge is 0.353 e. The Morgan fingerprint density at radius 3 is 2.71 bits per heavy atom. The quantitative estimate of drug-likeness (QED) is 0.637. The van der Waals surface area contributed by atoms with E-state index in [0.29, 0.717) is 12.5 Å². The molecule has 2 amide bonds. The second-order valence-electron chi connectivity index (χ2n) is 5.08. The number of nitrogens with one attached hydrogen (secondary N) is 3. The molecule has 2 unspecified atom stereocenters. The van der Waals surface area contributed by atoms with E-state index < -0.39 is 0 Å². The maximum Gasteiger partial charge on any atom is 0.239 e. The van der Waals surface area contributed by atoms with Crippen LogP contribution in [0.15, 0.2) is 0 Å². The van der Waals surface area contributed by atoms with Crippen molar-refractivity contribution in [2.45, 2.75) is 44.7 Å². The minimum Gasteiger partial charge on any atom is -0.353 e. The van der Waals surface area contributed by atoms with Crippen LogP contribution in [0.4, 0.5) is 0 Å². The van der Waals surface area contributed by atoms with Crippen molar-refractivity contribution >= 4 is 11.8 Å². The van der Waals surface area contributed by atoms with Gasteiger partial charge in [0.15, 0.2) is 0 Å². The van der Waals surface area contributed by atoms with Crippen molar-refractivity contribution in [3.05, 3.63) is 0 Å². The number of hydrogen-bond donors (Lipinski definition) is 3. The number of hydrogen-bond acceptors (Lipinski definition) is 3. The fourth-order valence-electron chi connectivity index (χ4n) is 2.65. The molecule has 2 atom stereocenters. The van der Waals surface area contributed by atoms with Gasteiger partial charge in [-0.3, -0.25) is 14.9 Å². The van der Waals surface area contributed by atoms with Crippen LogP contribution in [0.25, 0.3) is 0 Å². The normalized spacial score (nSPS) is 27.6. The Balaban J connectivity index is 1.77. The minimum absolute atomic E-state index is 0.00407. The molecule has 0 radical (unpaired) electrons. The predicted octanol–water partition coefficient (Wildman–Crippen LogP) is -0.231. The lowest BCUT2D eigenvalue weighted by atomic mass is 9.99. The predicted molar refractivity (Wildman–Crippen MR) is 64.4 cm³/mol. The third kappa shape index (κ3) is 3.19. The van der Waals surface area contributed by atoms with Gasteiger partial charge in [0.1, 0.15) is 6.04 Å². The highest BCUT2D eigenvalue weighted by molar-refractivity contribution is 5.86. The molecule has 96 valence electrons. The van der Waals surface area contributed by atoms with Crippen molar-refractivity contribution in [2.24, 2.45) is 5.92 Å². The van der Waals surface area contributed by atoms with E-state index in [2.05, 4.69) is 22.9 Å². The highest BCUT2D eigenvalue weighted by atomic mass is 16.2. The molecule has 2 aliphatic rings. The van der Waals surface area contributed by atoms with E-state index >= 15 is 0 Å². The summed E-state index contributed by atoms with van der Waals surface area (Å²) < 4.78 is 0. The van der Waals surface area contributed by atoms with Crippen molar-refractivity contribution in [3.63, 3.8) is 0 Å².